The highest BCUT2D eigenvalue weighted by Crippen LogP contribution is 2.13. The maximum absolute atomic E-state index is 12.7. The number of ether oxygens (including phenoxy) is 1. The van der Waals surface area contributed by atoms with E-state index in [1.165, 1.54) is 6.33 Å². The monoisotopic (exact) mass is 477 g/mol. The highest BCUT2D eigenvalue weighted by Gasteiger charge is 2.22. The van der Waals surface area contributed by atoms with Gasteiger partial charge in [-0.1, -0.05) is 54.6 Å². The molecule has 0 fully saturated rings. The van der Waals surface area contributed by atoms with Crippen molar-refractivity contribution in [3.63, 3.8) is 0 Å². The highest BCUT2D eigenvalue weighted by atomic mass is 16.6. The number of H-pyrrole nitrogens is 1. The Morgan fingerprint density at radius 3 is 2.11 bits per heavy atom. The van der Waals surface area contributed by atoms with Crippen LogP contribution >= 0.6 is 0 Å². The molecule has 1 aromatic heterocycles. The Balaban J connectivity index is 1.52. The Morgan fingerprint density at radius 1 is 0.914 bits per heavy atom. The molecular formula is C26H31N5O4. The molecule has 0 aliphatic rings. The molecule has 3 aromatic rings. The van der Waals surface area contributed by atoms with Gasteiger partial charge < -0.3 is 25.7 Å². The van der Waals surface area contributed by atoms with E-state index in [4.69, 9.17) is 4.74 Å². The smallest absolute Gasteiger partial charge is 0.407 e. The Kier molecular flexibility index (Phi) is 8.25. The number of benzene rings is 2. The first-order chi connectivity index (χ1) is 16.6. The third-order valence-corrected chi connectivity index (χ3v) is 5.04. The van der Waals surface area contributed by atoms with E-state index in [-0.39, 0.29) is 24.0 Å². The largest absolute Gasteiger partial charge is 0.444 e. The average molecular weight is 478 g/mol. The van der Waals surface area contributed by atoms with Crippen LogP contribution in [-0.4, -0.2) is 33.5 Å². The molecule has 3 amide bonds. The van der Waals surface area contributed by atoms with Crippen molar-refractivity contribution in [1.29, 1.82) is 0 Å². The van der Waals surface area contributed by atoms with Crippen LogP contribution in [0.2, 0.25) is 0 Å². The number of amides is 3. The number of imidazole rings is 1. The van der Waals surface area contributed by atoms with Gasteiger partial charge in [0.15, 0.2) is 5.69 Å². The van der Waals surface area contributed by atoms with Crippen LogP contribution in [0.4, 0.5) is 4.79 Å². The van der Waals surface area contributed by atoms with Crippen LogP contribution in [0.1, 0.15) is 71.4 Å². The molecule has 0 aliphatic carbocycles. The summed E-state index contributed by atoms with van der Waals surface area (Å²) < 4.78 is 5.22. The minimum atomic E-state index is -0.554. The van der Waals surface area contributed by atoms with Gasteiger partial charge in [-0.25, -0.2) is 9.78 Å². The van der Waals surface area contributed by atoms with Gasteiger partial charge in [0.2, 0.25) is 0 Å². The van der Waals surface area contributed by atoms with Gasteiger partial charge in [-0.2, -0.15) is 0 Å². The Labute approximate surface area is 204 Å². The molecule has 0 aliphatic heterocycles. The molecule has 4 N–H and O–H groups in total. The number of carbonyl (C=O) groups is 3. The van der Waals surface area contributed by atoms with Gasteiger partial charge >= 0.3 is 6.09 Å². The van der Waals surface area contributed by atoms with Gasteiger partial charge in [0, 0.05) is 13.1 Å². The molecular weight excluding hydrogens is 446 g/mol. The fraction of sp³-hybridized carbons (Fsp3) is 0.308. The first-order valence-electron chi connectivity index (χ1n) is 11.3. The summed E-state index contributed by atoms with van der Waals surface area (Å²) in [4.78, 5) is 44.0. The van der Waals surface area contributed by atoms with Gasteiger partial charge in [-0.05, 0) is 44.4 Å². The normalized spacial score (nSPS) is 11.9. The van der Waals surface area contributed by atoms with Crippen molar-refractivity contribution in [2.75, 3.05) is 0 Å². The minimum Gasteiger partial charge on any atom is -0.444 e. The summed E-state index contributed by atoms with van der Waals surface area (Å²) in [5.74, 6) is -0.870. The van der Waals surface area contributed by atoms with Crippen LogP contribution in [0.15, 0.2) is 60.9 Å². The van der Waals surface area contributed by atoms with Gasteiger partial charge in [0.25, 0.3) is 11.8 Å². The van der Waals surface area contributed by atoms with E-state index < -0.39 is 23.5 Å². The first kappa shape index (κ1) is 25.5. The minimum absolute atomic E-state index is 0.0360. The van der Waals surface area contributed by atoms with Gasteiger partial charge in [-0.15, -0.1) is 0 Å². The van der Waals surface area contributed by atoms with Crippen molar-refractivity contribution in [2.24, 2.45) is 0 Å². The van der Waals surface area contributed by atoms with Crippen LogP contribution in [-0.2, 0) is 17.8 Å². The van der Waals surface area contributed by atoms with E-state index in [1.54, 1.807) is 20.8 Å². The zero-order chi connectivity index (χ0) is 25.4. The van der Waals surface area contributed by atoms with Crippen LogP contribution in [0.5, 0.6) is 0 Å². The zero-order valence-electron chi connectivity index (χ0n) is 20.3. The van der Waals surface area contributed by atoms with Gasteiger partial charge in [-0.3, -0.25) is 9.59 Å². The number of nitrogens with one attached hydrogen (secondary N) is 4. The van der Waals surface area contributed by atoms with Gasteiger partial charge in [0.1, 0.15) is 11.3 Å². The molecule has 35 heavy (non-hydrogen) atoms. The second-order valence-corrected chi connectivity index (χ2v) is 9.09. The summed E-state index contributed by atoms with van der Waals surface area (Å²) in [5.41, 5.74) is 2.29. The number of hydrogen-bond acceptors (Lipinski definition) is 5. The number of nitrogens with zero attached hydrogens (tertiary/aromatic N) is 1. The standard InChI is InChI=1S/C26H31N5O4/c1-17(20-8-6-5-7-9-20)31-24(33)22-21(29-16-30-22)23(32)27-14-18-10-12-19(13-11-18)15-28-25(34)35-26(2,3)4/h5-13,16-17H,14-15H2,1-4H3,(H,27,32)(H,28,34)(H,29,30)(H,31,33)/t17-/m0/s1. The lowest BCUT2D eigenvalue weighted by Gasteiger charge is -2.19. The summed E-state index contributed by atoms with van der Waals surface area (Å²) >= 11 is 0. The molecule has 3 rings (SSSR count). The lowest BCUT2D eigenvalue weighted by atomic mass is 10.1. The van der Waals surface area contributed by atoms with E-state index >= 15 is 0 Å². The van der Waals surface area contributed by atoms with Crippen LogP contribution in [0.25, 0.3) is 0 Å². The van der Waals surface area contributed by atoms with E-state index in [0.29, 0.717) is 6.54 Å². The molecule has 9 heteroatoms. The molecule has 2 aromatic carbocycles. The topological polar surface area (TPSA) is 125 Å². The molecule has 0 spiro atoms. The van der Waals surface area contributed by atoms with Crippen molar-refractivity contribution in [3.05, 3.63) is 89.0 Å². The lowest BCUT2D eigenvalue weighted by Crippen LogP contribution is -2.32. The molecule has 1 atom stereocenters. The number of aromatic amines is 1. The Bertz CT molecular complexity index is 1150. The van der Waals surface area contributed by atoms with Crippen molar-refractivity contribution in [3.8, 4) is 0 Å². The lowest BCUT2D eigenvalue weighted by molar-refractivity contribution is 0.0523. The van der Waals surface area contributed by atoms with Crippen molar-refractivity contribution >= 4 is 17.9 Å². The summed E-state index contributed by atoms with van der Waals surface area (Å²) in [6.45, 7) is 7.87. The molecule has 184 valence electrons. The predicted octanol–water partition coefficient (Wildman–Crippen LogP) is 3.86. The fourth-order valence-electron chi connectivity index (χ4n) is 3.26. The molecule has 0 saturated heterocycles. The average Bonchev–Trinajstić information content (AvgIpc) is 3.32. The summed E-state index contributed by atoms with van der Waals surface area (Å²) in [6.07, 6.45) is 0.843. The molecule has 1 heterocycles. The van der Waals surface area contributed by atoms with Crippen LogP contribution in [0.3, 0.4) is 0 Å². The second-order valence-electron chi connectivity index (χ2n) is 9.09. The van der Waals surface area contributed by atoms with E-state index in [1.807, 2.05) is 61.5 Å². The molecule has 0 saturated carbocycles. The number of hydrogen-bond donors (Lipinski definition) is 4. The van der Waals surface area contributed by atoms with Crippen molar-refractivity contribution in [1.82, 2.24) is 25.9 Å². The van der Waals surface area contributed by atoms with Crippen molar-refractivity contribution < 1.29 is 19.1 Å². The predicted molar refractivity (Wildman–Crippen MR) is 132 cm³/mol. The Hall–Kier alpha value is -4.14. The zero-order valence-corrected chi connectivity index (χ0v) is 20.3. The van der Waals surface area contributed by atoms with Crippen LogP contribution < -0.4 is 16.0 Å². The first-order valence-corrected chi connectivity index (χ1v) is 11.3. The Morgan fingerprint density at radius 2 is 1.51 bits per heavy atom. The summed E-state index contributed by atoms with van der Waals surface area (Å²) in [5, 5.41) is 8.37. The van der Waals surface area contributed by atoms with E-state index in [0.717, 1.165) is 16.7 Å². The van der Waals surface area contributed by atoms with Crippen LogP contribution in [0, 0.1) is 0 Å². The number of rotatable bonds is 8. The maximum atomic E-state index is 12.7. The summed E-state index contributed by atoms with van der Waals surface area (Å²) in [7, 11) is 0. The SMILES string of the molecule is C[C@H](NC(=O)c1nc[nH]c1C(=O)NCc1ccc(CNC(=O)OC(C)(C)C)cc1)c1ccccc1. The quantitative estimate of drug-likeness (QED) is 0.392. The second kappa shape index (κ2) is 11.3. The van der Waals surface area contributed by atoms with Crippen molar-refractivity contribution in [2.45, 2.75) is 52.4 Å². The maximum Gasteiger partial charge on any atom is 0.407 e. The number of alkyl carbamates (subject to hydrolysis) is 1. The molecule has 0 radical (unpaired) electrons. The molecule has 9 nitrogen and oxygen atoms in total. The summed E-state index contributed by atoms with van der Waals surface area (Å²) in [6, 6.07) is 16.7. The fourth-order valence-corrected chi connectivity index (χ4v) is 3.26. The third kappa shape index (κ3) is 7.70. The number of carbonyl (C=O) groups excluding carboxylic acids is 3. The van der Waals surface area contributed by atoms with Gasteiger partial charge in [0.05, 0.1) is 12.4 Å². The molecule has 0 unspecified atom stereocenters. The van der Waals surface area contributed by atoms with E-state index in [2.05, 4.69) is 25.9 Å². The third-order valence-electron chi connectivity index (χ3n) is 5.04. The molecule has 0 bridgehead atoms. The number of aromatic nitrogens is 2. The van der Waals surface area contributed by atoms with E-state index in [9.17, 15) is 14.4 Å². The highest BCUT2D eigenvalue weighted by molar-refractivity contribution is 6.04.